The third-order valence-electron chi connectivity index (χ3n) is 2.36. The van der Waals surface area contributed by atoms with Crippen LogP contribution in [0.25, 0.3) is 0 Å². The van der Waals surface area contributed by atoms with Crippen molar-refractivity contribution in [2.24, 2.45) is 0 Å². The molecule has 1 aliphatic rings. The molecule has 1 fully saturated rings. The summed E-state index contributed by atoms with van der Waals surface area (Å²) in [4.78, 5) is 0. The van der Waals surface area contributed by atoms with Crippen LogP contribution in [0.4, 0.5) is 0 Å². The molecule has 0 radical (unpaired) electrons. The number of hydrogen-bond acceptors (Lipinski definition) is 3. The van der Waals surface area contributed by atoms with Gasteiger partial charge in [0.15, 0.2) is 0 Å². The first-order chi connectivity index (χ1) is 6.61. The van der Waals surface area contributed by atoms with Crippen LogP contribution >= 0.6 is 0 Å². The van der Waals surface area contributed by atoms with Crippen molar-refractivity contribution in [2.45, 2.75) is 25.5 Å². The van der Waals surface area contributed by atoms with Crippen molar-refractivity contribution in [3.63, 3.8) is 0 Å². The lowest BCUT2D eigenvalue weighted by Crippen LogP contribution is -2.45. The van der Waals surface area contributed by atoms with Gasteiger partial charge in [-0.15, -0.1) is 6.58 Å². The molecule has 1 rings (SSSR count). The van der Waals surface area contributed by atoms with Gasteiger partial charge in [-0.2, -0.15) is 4.31 Å². The third-order valence-corrected chi connectivity index (χ3v) is 4.15. The van der Waals surface area contributed by atoms with E-state index >= 15 is 0 Å². The first kappa shape index (κ1) is 11.7. The van der Waals surface area contributed by atoms with E-state index in [2.05, 4.69) is 6.58 Å². The average molecular weight is 219 g/mol. The maximum atomic E-state index is 11.7. The Morgan fingerprint density at radius 2 is 2.29 bits per heavy atom. The van der Waals surface area contributed by atoms with Crippen LogP contribution in [0.1, 0.15) is 19.3 Å². The van der Waals surface area contributed by atoms with Crippen LogP contribution in [0.2, 0.25) is 0 Å². The Labute approximate surface area is 85.6 Å². The van der Waals surface area contributed by atoms with E-state index in [1.54, 1.807) is 7.11 Å². The quantitative estimate of drug-likeness (QED) is 0.662. The monoisotopic (exact) mass is 219 g/mol. The molecule has 0 amide bonds. The van der Waals surface area contributed by atoms with Gasteiger partial charge >= 0.3 is 0 Å². The van der Waals surface area contributed by atoms with E-state index in [0.29, 0.717) is 6.54 Å². The van der Waals surface area contributed by atoms with Gasteiger partial charge in [0.05, 0.1) is 5.75 Å². The molecule has 14 heavy (non-hydrogen) atoms. The van der Waals surface area contributed by atoms with Gasteiger partial charge in [0, 0.05) is 13.7 Å². The van der Waals surface area contributed by atoms with E-state index in [0.717, 1.165) is 19.3 Å². The van der Waals surface area contributed by atoms with Crippen LogP contribution in [0.5, 0.6) is 0 Å². The number of piperidine rings is 1. The molecule has 1 saturated heterocycles. The predicted molar refractivity (Wildman–Crippen MR) is 55.3 cm³/mol. The van der Waals surface area contributed by atoms with E-state index in [1.165, 1.54) is 10.4 Å². The van der Waals surface area contributed by atoms with Crippen LogP contribution in [0, 0.1) is 0 Å². The van der Waals surface area contributed by atoms with Crippen molar-refractivity contribution in [1.29, 1.82) is 0 Å². The molecule has 0 saturated carbocycles. The Bertz CT molecular complexity index is 286. The zero-order valence-corrected chi connectivity index (χ0v) is 9.29. The summed E-state index contributed by atoms with van der Waals surface area (Å²) in [5.41, 5.74) is 0. The lowest BCUT2D eigenvalue weighted by atomic mass is 10.1. The van der Waals surface area contributed by atoms with E-state index in [-0.39, 0.29) is 12.0 Å². The Morgan fingerprint density at radius 1 is 1.57 bits per heavy atom. The zero-order valence-electron chi connectivity index (χ0n) is 8.48. The molecule has 0 spiro atoms. The zero-order chi connectivity index (χ0) is 10.6. The van der Waals surface area contributed by atoms with Crippen LogP contribution < -0.4 is 0 Å². The Kier molecular flexibility index (Phi) is 4.10. The molecular formula is C9H17NO3S. The number of nitrogens with zero attached hydrogens (tertiary/aromatic N) is 1. The Morgan fingerprint density at radius 3 is 2.86 bits per heavy atom. The number of sulfonamides is 1. The standard InChI is InChI=1S/C9H17NO3S/c1-3-8-14(11,12)10-7-5-4-6-9(10)13-2/h3,9H,1,4-8H2,2H3. The first-order valence-corrected chi connectivity index (χ1v) is 6.36. The molecule has 0 aliphatic carbocycles. The maximum Gasteiger partial charge on any atom is 0.219 e. The predicted octanol–water partition coefficient (Wildman–Crippen LogP) is 0.961. The minimum absolute atomic E-state index is 0.00708. The average Bonchev–Trinajstić information content (AvgIpc) is 2.18. The molecular weight excluding hydrogens is 202 g/mol. The molecule has 5 heteroatoms. The fourth-order valence-electron chi connectivity index (χ4n) is 1.67. The molecule has 1 unspecified atom stereocenters. The van der Waals surface area contributed by atoms with E-state index in [9.17, 15) is 8.42 Å². The Balaban J connectivity index is 2.77. The van der Waals surface area contributed by atoms with Gasteiger partial charge in [-0.3, -0.25) is 0 Å². The SMILES string of the molecule is C=CCS(=O)(=O)N1CCCCC1OC. The highest BCUT2D eigenvalue weighted by Crippen LogP contribution is 2.20. The van der Waals surface area contributed by atoms with Gasteiger partial charge in [0.25, 0.3) is 0 Å². The highest BCUT2D eigenvalue weighted by atomic mass is 32.2. The highest BCUT2D eigenvalue weighted by Gasteiger charge is 2.31. The van der Waals surface area contributed by atoms with Crippen LogP contribution in [0.3, 0.4) is 0 Å². The van der Waals surface area contributed by atoms with Crippen LogP contribution in [0.15, 0.2) is 12.7 Å². The number of hydrogen-bond donors (Lipinski definition) is 0. The summed E-state index contributed by atoms with van der Waals surface area (Å²) in [6.07, 6.45) is 3.85. The summed E-state index contributed by atoms with van der Waals surface area (Å²) < 4.78 is 30.1. The summed E-state index contributed by atoms with van der Waals surface area (Å²) in [6.45, 7) is 4.01. The summed E-state index contributed by atoms with van der Waals surface area (Å²) in [6, 6.07) is 0. The Hall–Kier alpha value is -0.390. The summed E-state index contributed by atoms with van der Waals surface area (Å²) >= 11 is 0. The lowest BCUT2D eigenvalue weighted by Gasteiger charge is -2.33. The van der Waals surface area contributed by atoms with E-state index in [1.807, 2.05) is 0 Å². The lowest BCUT2D eigenvalue weighted by molar-refractivity contribution is -0.00773. The molecule has 0 aromatic heterocycles. The van der Waals surface area contributed by atoms with E-state index < -0.39 is 10.0 Å². The van der Waals surface area contributed by atoms with Crippen molar-refractivity contribution < 1.29 is 13.2 Å². The van der Waals surface area contributed by atoms with Crippen molar-refractivity contribution in [3.8, 4) is 0 Å². The molecule has 1 atom stereocenters. The molecule has 0 N–H and O–H groups in total. The second-order valence-electron chi connectivity index (χ2n) is 3.36. The van der Waals surface area contributed by atoms with E-state index in [4.69, 9.17) is 4.74 Å². The van der Waals surface area contributed by atoms with Crippen molar-refractivity contribution in [3.05, 3.63) is 12.7 Å². The third kappa shape index (κ3) is 2.56. The number of methoxy groups -OCH3 is 1. The second kappa shape index (κ2) is 4.91. The van der Waals surface area contributed by atoms with Gasteiger partial charge in [-0.1, -0.05) is 6.08 Å². The summed E-state index contributed by atoms with van der Waals surface area (Å²) in [5.74, 6) is -0.00708. The van der Waals surface area contributed by atoms with Crippen molar-refractivity contribution in [1.82, 2.24) is 4.31 Å². The topological polar surface area (TPSA) is 46.6 Å². The van der Waals surface area contributed by atoms with Gasteiger partial charge in [0.2, 0.25) is 10.0 Å². The molecule has 1 heterocycles. The molecule has 1 aliphatic heterocycles. The molecule has 4 nitrogen and oxygen atoms in total. The summed E-state index contributed by atoms with van der Waals surface area (Å²) in [5, 5.41) is 0. The summed E-state index contributed by atoms with van der Waals surface area (Å²) in [7, 11) is -1.66. The highest BCUT2D eigenvalue weighted by molar-refractivity contribution is 7.89. The molecule has 82 valence electrons. The smallest absolute Gasteiger partial charge is 0.219 e. The largest absolute Gasteiger partial charge is 0.365 e. The number of ether oxygens (including phenoxy) is 1. The minimum atomic E-state index is -3.20. The van der Waals surface area contributed by atoms with Crippen LogP contribution in [-0.2, 0) is 14.8 Å². The second-order valence-corrected chi connectivity index (χ2v) is 5.33. The minimum Gasteiger partial charge on any atom is -0.365 e. The van der Waals surface area contributed by atoms with Gasteiger partial charge in [-0.05, 0) is 19.3 Å². The molecule has 0 bridgehead atoms. The maximum absolute atomic E-state index is 11.7. The van der Waals surface area contributed by atoms with Gasteiger partial charge < -0.3 is 4.74 Å². The number of rotatable bonds is 4. The normalized spacial score (nSPS) is 24.8. The van der Waals surface area contributed by atoms with Crippen LogP contribution in [-0.4, -0.2) is 38.4 Å². The van der Waals surface area contributed by atoms with Gasteiger partial charge in [0.1, 0.15) is 6.23 Å². The van der Waals surface area contributed by atoms with Crippen molar-refractivity contribution >= 4 is 10.0 Å². The first-order valence-electron chi connectivity index (χ1n) is 4.75. The molecule has 0 aromatic carbocycles. The molecule has 0 aromatic rings. The fourth-order valence-corrected chi connectivity index (χ4v) is 3.12. The fraction of sp³-hybridized carbons (Fsp3) is 0.778. The van der Waals surface area contributed by atoms with Crippen molar-refractivity contribution in [2.75, 3.05) is 19.4 Å². The van der Waals surface area contributed by atoms with Gasteiger partial charge in [-0.25, -0.2) is 8.42 Å².